The summed E-state index contributed by atoms with van der Waals surface area (Å²) in [6, 6.07) is 0. The monoisotopic (exact) mass is 430 g/mol. The molecular weight excluding hydrogens is 400 g/mol. The fraction of sp³-hybridized carbons (Fsp3) is 0.571. The zero-order valence-electron chi connectivity index (χ0n) is 18.8. The second kappa shape index (κ2) is 9.32. The van der Waals surface area contributed by atoms with Crippen molar-refractivity contribution in [2.45, 2.75) is 73.1 Å². The average Bonchev–Trinajstić information content (AvgIpc) is 3.19. The Morgan fingerprint density at radius 1 is 1.10 bits per heavy atom. The molecule has 3 heterocycles. The van der Waals surface area contributed by atoms with Gasteiger partial charge in [0, 0.05) is 31.4 Å². The van der Waals surface area contributed by atoms with E-state index < -0.39 is 17.2 Å². The molecule has 31 heavy (non-hydrogen) atoms. The van der Waals surface area contributed by atoms with Crippen molar-refractivity contribution in [1.82, 2.24) is 28.9 Å². The molecule has 0 amide bonds. The highest BCUT2D eigenvalue weighted by Gasteiger charge is 2.20. The Hall–Kier alpha value is -3.17. The summed E-state index contributed by atoms with van der Waals surface area (Å²) >= 11 is 0. The average molecular weight is 431 g/mol. The number of aromatic nitrogens is 6. The van der Waals surface area contributed by atoms with Gasteiger partial charge in [0.1, 0.15) is 12.4 Å². The predicted molar refractivity (Wildman–Crippen MR) is 116 cm³/mol. The molecule has 168 valence electrons. The summed E-state index contributed by atoms with van der Waals surface area (Å²) in [5.41, 5.74) is 2.27. The third-order valence-corrected chi connectivity index (χ3v) is 5.49. The van der Waals surface area contributed by atoms with Gasteiger partial charge in [0.05, 0.1) is 12.1 Å². The smallest absolute Gasteiger partial charge is 0.330 e. The van der Waals surface area contributed by atoms with Gasteiger partial charge in [-0.3, -0.25) is 23.8 Å². The van der Waals surface area contributed by atoms with E-state index in [0.29, 0.717) is 30.1 Å². The first-order valence-corrected chi connectivity index (χ1v) is 10.6. The van der Waals surface area contributed by atoms with Crippen LogP contribution in [0.1, 0.15) is 55.9 Å². The highest BCUT2D eigenvalue weighted by atomic mass is 16.5. The molecule has 1 N–H and O–H groups in total. The van der Waals surface area contributed by atoms with Crippen LogP contribution in [0.25, 0.3) is 11.2 Å². The fourth-order valence-corrected chi connectivity index (χ4v) is 3.73. The van der Waals surface area contributed by atoms with E-state index in [0.717, 1.165) is 36.2 Å². The quantitative estimate of drug-likeness (QED) is 0.517. The van der Waals surface area contributed by atoms with Gasteiger partial charge in [-0.25, -0.2) is 9.78 Å². The lowest BCUT2D eigenvalue weighted by atomic mass is 10.1. The minimum absolute atomic E-state index is 0.0761. The minimum atomic E-state index is -0.479. The fourth-order valence-electron chi connectivity index (χ4n) is 3.73. The molecule has 0 saturated carbocycles. The van der Waals surface area contributed by atoms with Crippen molar-refractivity contribution in [3.63, 3.8) is 0 Å². The number of aryl methyl sites for hydroxylation is 4. The highest BCUT2D eigenvalue weighted by molar-refractivity contribution is 5.74. The third-order valence-electron chi connectivity index (χ3n) is 5.49. The Kier molecular flexibility index (Phi) is 6.77. The number of unbranched alkanes of at least 4 members (excludes halogenated alkanes) is 1. The van der Waals surface area contributed by atoms with Gasteiger partial charge in [-0.05, 0) is 26.7 Å². The molecule has 0 aliphatic rings. The second-order valence-corrected chi connectivity index (χ2v) is 7.73. The van der Waals surface area contributed by atoms with Crippen LogP contribution < -0.4 is 11.2 Å². The molecule has 3 aromatic rings. The van der Waals surface area contributed by atoms with Crippen LogP contribution in [-0.4, -0.2) is 34.9 Å². The first-order chi connectivity index (χ1) is 14.8. The normalized spacial score (nSPS) is 11.4. The molecule has 3 rings (SSSR count). The Morgan fingerprint density at radius 3 is 2.45 bits per heavy atom. The number of nitrogens with zero attached hydrogens (tertiary/aromatic N) is 5. The number of rotatable bonds is 9. The Balaban J connectivity index is 1.91. The number of hydrogen-bond donors (Lipinski definition) is 1. The summed E-state index contributed by atoms with van der Waals surface area (Å²) in [4.78, 5) is 44.3. The van der Waals surface area contributed by atoms with Crippen molar-refractivity contribution in [3.8, 4) is 0 Å². The number of ether oxygens (including phenoxy) is 1. The maximum Gasteiger partial charge on any atom is 0.330 e. The van der Waals surface area contributed by atoms with Crippen molar-refractivity contribution < 1.29 is 9.53 Å². The van der Waals surface area contributed by atoms with Crippen LogP contribution in [0.15, 0.2) is 9.59 Å². The second-order valence-electron chi connectivity index (χ2n) is 7.73. The maximum atomic E-state index is 12.5. The summed E-state index contributed by atoms with van der Waals surface area (Å²) < 4.78 is 10.5. The Bertz CT molecular complexity index is 1210. The SMILES string of the molecule is CCCCn1c(=O)[nH]c(=O)c2c1nc(COC(=O)Cc1c(C)nn(C)c1C)n2CCC. The first kappa shape index (κ1) is 22.5. The zero-order valence-corrected chi connectivity index (χ0v) is 18.8. The molecule has 3 aromatic heterocycles. The van der Waals surface area contributed by atoms with Crippen LogP contribution in [0.2, 0.25) is 0 Å². The number of carbonyl (C=O) groups is 1. The van der Waals surface area contributed by atoms with Gasteiger partial charge in [-0.15, -0.1) is 0 Å². The standard InChI is InChI=1S/C21H30N6O4/c1-6-8-10-27-19-18(20(29)23-21(27)30)26(9-7-2)16(22-19)12-31-17(28)11-15-13(3)24-25(5)14(15)4/h6-12H2,1-5H3,(H,23,29,30). The van der Waals surface area contributed by atoms with Crippen molar-refractivity contribution in [2.24, 2.45) is 7.05 Å². The molecule has 10 nitrogen and oxygen atoms in total. The molecule has 0 saturated heterocycles. The van der Waals surface area contributed by atoms with E-state index in [1.807, 2.05) is 34.7 Å². The number of nitrogens with one attached hydrogen (secondary N) is 1. The van der Waals surface area contributed by atoms with E-state index in [2.05, 4.69) is 15.1 Å². The maximum absolute atomic E-state index is 12.5. The van der Waals surface area contributed by atoms with E-state index in [4.69, 9.17) is 4.74 Å². The van der Waals surface area contributed by atoms with Crippen LogP contribution in [0.4, 0.5) is 0 Å². The predicted octanol–water partition coefficient (Wildman–Crippen LogP) is 1.73. The lowest BCUT2D eigenvalue weighted by molar-refractivity contribution is -0.144. The van der Waals surface area contributed by atoms with E-state index in [-0.39, 0.29) is 13.0 Å². The molecule has 0 aliphatic carbocycles. The molecule has 0 aromatic carbocycles. The molecule has 0 bridgehead atoms. The molecule has 0 aliphatic heterocycles. The van der Waals surface area contributed by atoms with Crippen LogP contribution in [0, 0.1) is 13.8 Å². The molecule has 0 atom stereocenters. The topological polar surface area (TPSA) is 117 Å². The van der Waals surface area contributed by atoms with Gasteiger partial charge in [-0.2, -0.15) is 5.10 Å². The number of fused-ring (bicyclic) bond motifs is 1. The van der Waals surface area contributed by atoms with Crippen molar-refractivity contribution in [1.29, 1.82) is 0 Å². The molecule has 10 heteroatoms. The number of aromatic amines is 1. The first-order valence-electron chi connectivity index (χ1n) is 10.6. The summed E-state index contributed by atoms with van der Waals surface area (Å²) in [6.07, 6.45) is 2.56. The number of carbonyl (C=O) groups excluding carboxylic acids is 1. The van der Waals surface area contributed by atoms with E-state index in [9.17, 15) is 14.4 Å². The van der Waals surface area contributed by atoms with Crippen molar-refractivity contribution >= 4 is 17.1 Å². The highest BCUT2D eigenvalue weighted by Crippen LogP contribution is 2.16. The molecule has 0 radical (unpaired) electrons. The van der Waals surface area contributed by atoms with Crippen LogP contribution in [0.5, 0.6) is 0 Å². The minimum Gasteiger partial charge on any atom is -0.457 e. The largest absolute Gasteiger partial charge is 0.457 e. The van der Waals surface area contributed by atoms with Crippen LogP contribution >= 0.6 is 0 Å². The van der Waals surface area contributed by atoms with E-state index in [1.165, 1.54) is 4.57 Å². The molecule has 0 fully saturated rings. The van der Waals surface area contributed by atoms with Gasteiger partial charge in [-0.1, -0.05) is 20.3 Å². The van der Waals surface area contributed by atoms with E-state index >= 15 is 0 Å². The number of H-pyrrole nitrogens is 1. The summed E-state index contributed by atoms with van der Waals surface area (Å²) in [5, 5.41) is 4.32. The van der Waals surface area contributed by atoms with Gasteiger partial charge in [0.2, 0.25) is 0 Å². The zero-order chi connectivity index (χ0) is 22.7. The van der Waals surface area contributed by atoms with Gasteiger partial charge >= 0.3 is 11.7 Å². The number of esters is 1. The number of imidazole rings is 1. The van der Waals surface area contributed by atoms with Gasteiger partial charge in [0.25, 0.3) is 5.56 Å². The number of hydrogen-bond acceptors (Lipinski definition) is 6. The molecule has 0 unspecified atom stereocenters. The van der Waals surface area contributed by atoms with Crippen molar-refractivity contribution in [3.05, 3.63) is 43.6 Å². The lowest BCUT2D eigenvalue weighted by Crippen LogP contribution is -2.31. The third kappa shape index (κ3) is 4.47. The Morgan fingerprint density at radius 2 is 1.84 bits per heavy atom. The lowest BCUT2D eigenvalue weighted by Gasteiger charge is -2.09. The van der Waals surface area contributed by atoms with Crippen LogP contribution in [0.3, 0.4) is 0 Å². The summed E-state index contributed by atoms with van der Waals surface area (Å²) in [7, 11) is 1.83. The van der Waals surface area contributed by atoms with Gasteiger partial charge < -0.3 is 9.30 Å². The molecular formula is C21H30N6O4. The summed E-state index contributed by atoms with van der Waals surface area (Å²) in [6.45, 7) is 8.69. The van der Waals surface area contributed by atoms with Crippen LogP contribution in [-0.2, 0) is 42.7 Å². The van der Waals surface area contributed by atoms with E-state index in [1.54, 1.807) is 9.25 Å². The Labute approximate surface area is 179 Å². The van der Waals surface area contributed by atoms with Crippen molar-refractivity contribution in [2.75, 3.05) is 0 Å². The summed E-state index contributed by atoms with van der Waals surface area (Å²) in [5.74, 6) is 0.0535. The molecule has 0 spiro atoms. The van der Waals surface area contributed by atoms with Gasteiger partial charge in [0.15, 0.2) is 11.2 Å².